The molecule has 1 heterocycles. The van der Waals surface area contributed by atoms with Crippen molar-refractivity contribution in [2.45, 2.75) is 6.54 Å². The van der Waals surface area contributed by atoms with Crippen molar-refractivity contribution in [3.05, 3.63) is 60.2 Å². The Morgan fingerprint density at radius 1 is 1.09 bits per heavy atom. The van der Waals surface area contributed by atoms with Gasteiger partial charge in [-0.2, -0.15) is 0 Å². The molecule has 2 aromatic carbocycles. The summed E-state index contributed by atoms with van der Waals surface area (Å²) in [7, 11) is 2.80. The van der Waals surface area contributed by atoms with Gasteiger partial charge in [0.05, 0.1) is 19.7 Å². The summed E-state index contributed by atoms with van der Waals surface area (Å²) < 4.78 is 11.0. The number of carbonyl (C=O) groups is 3. The zero-order valence-electron chi connectivity index (χ0n) is 18.0. The Hall–Kier alpha value is -4.47. The molecule has 1 aromatic heterocycles. The van der Waals surface area contributed by atoms with Crippen LogP contribution in [-0.4, -0.2) is 48.2 Å². The van der Waals surface area contributed by atoms with Crippen molar-refractivity contribution < 1.29 is 29.0 Å². The van der Waals surface area contributed by atoms with Crippen LogP contribution in [0, 0.1) is 0 Å². The Morgan fingerprint density at radius 3 is 2.52 bits per heavy atom. The molecule has 2 N–H and O–H groups in total. The Kier molecular flexibility index (Phi) is 7.53. The fraction of sp³-hybridized carbons (Fsp3) is 0.174. The number of nitrogens with zero attached hydrogens (tertiary/aromatic N) is 3. The average Bonchev–Trinajstić information content (AvgIpc) is 3.10. The number of esters is 1. The summed E-state index contributed by atoms with van der Waals surface area (Å²) in [5.74, 6) is -1.38. The third-order valence-electron chi connectivity index (χ3n) is 4.65. The normalized spacial score (nSPS) is 11.2. The van der Waals surface area contributed by atoms with Crippen LogP contribution in [0.1, 0.15) is 5.56 Å². The number of carbonyl (C=O) groups excluding carboxylic acids is 3. The standard InChI is InChI=1S/C23H22N4O6/c1-32-16-10-7-15(8-11-16)9-12-19(28)24-13-20(29)25-26-22-17-5-3-4-6-18(17)27(23(22)31)14-21(30)33-2/h3-12,31H,13-14H2,1-2H3,(H,24,28)/b12-9-,26-25?. The summed E-state index contributed by atoms with van der Waals surface area (Å²) in [5.41, 5.74) is 1.35. The van der Waals surface area contributed by atoms with Gasteiger partial charge in [0.2, 0.25) is 11.8 Å². The van der Waals surface area contributed by atoms with Gasteiger partial charge < -0.3 is 19.9 Å². The van der Waals surface area contributed by atoms with Crippen molar-refractivity contribution in [3.63, 3.8) is 0 Å². The molecule has 170 valence electrons. The number of para-hydroxylation sites is 1. The number of ether oxygens (including phenoxy) is 2. The van der Waals surface area contributed by atoms with Crippen LogP contribution in [0.15, 0.2) is 64.8 Å². The predicted molar refractivity (Wildman–Crippen MR) is 120 cm³/mol. The molecule has 3 rings (SSSR count). The van der Waals surface area contributed by atoms with Gasteiger partial charge in [-0.25, -0.2) is 0 Å². The maximum Gasteiger partial charge on any atom is 0.325 e. The largest absolute Gasteiger partial charge is 0.497 e. The lowest BCUT2D eigenvalue weighted by atomic mass is 10.2. The minimum absolute atomic E-state index is 0.0357. The van der Waals surface area contributed by atoms with Gasteiger partial charge >= 0.3 is 5.97 Å². The Labute approximate surface area is 189 Å². The van der Waals surface area contributed by atoms with Gasteiger partial charge in [0.1, 0.15) is 18.8 Å². The maximum absolute atomic E-state index is 12.1. The first kappa shape index (κ1) is 23.2. The molecule has 0 saturated carbocycles. The first-order valence-corrected chi connectivity index (χ1v) is 9.84. The summed E-state index contributed by atoms with van der Waals surface area (Å²) in [4.78, 5) is 35.7. The second kappa shape index (κ2) is 10.7. The quantitative estimate of drug-likeness (QED) is 0.308. The highest BCUT2D eigenvalue weighted by atomic mass is 16.5. The number of rotatable bonds is 8. The number of hydrogen-bond donors (Lipinski definition) is 2. The van der Waals surface area contributed by atoms with Gasteiger partial charge in [-0.15, -0.1) is 10.2 Å². The van der Waals surface area contributed by atoms with Gasteiger partial charge in [0.25, 0.3) is 5.91 Å². The molecule has 0 bridgehead atoms. The van der Waals surface area contributed by atoms with Crippen LogP contribution < -0.4 is 10.1 Å². The van der Waals surface area contributed by atoms with E-state index < -0.39 is 17.8 Å². The Bertz CT molecular complexity index is 1230. The summed E-state index contributed by atoms with van der Waals surface area (Å²) in [6, 6.07) is 13.9. The number of aromatic nitrogens is 1. The number of methoxy groups -OCH3 is 2. The van der Waals surface area contributed by atoms with E-state index in [1.165, 1.54) is 17.8 Å². The molecule has 0 aliphatic rings. The van der Waals surface area contributed by atoms with E-state index in [0.717, 1.165) is 5.56 Å². The number of hydrogen-bond acceptors (Lipinski definition) is 7. The molecule has 0 atom stereocenters. The van der Waals surface area contributed by atoms with Gasteiger partial charge in [-0.3, -0.25) is 19.0 Å². The van der Waals surface area contributed by atoms with E-state index in [4.69, 9.17) is 4.74 Å². The van der Waals surface area contributed by atoms with E-state index in [1.54, 1.807) is 61.7 Å². The van der Waals surface area contributed by atoms with Crippen molar-refractivity contribution in [1.82, 2.24) is 9.88 Å². The van der Waals surface area contributed by atoms with Crippen molar-refractivity contribution in [3.8, 4) is 11.6 Å². The zero-order chi connectivity index (χ0) is 23.8. The van der Waals surface area contributed by atoms with Crippen LogP contribution in [0.2, 0.25) is 0 Å². The molecule has 0 fully saturated rings. The lowest BCUT2D eigenvalue weighted by molar-refractivity contribution is -0.141. The SMILES string of the molecule is COC(=O)Cn1c(O)c(N=NC(=O)CNC(=O)/C=C\c2ccc(OC)cc2)c2ccccc21. The Balaban J connectivity index is 1.64. The number of aromatic hydroxyl groups is 1. The fourth-order valence-electron chi connectivity index (χ4n) is 2.97. The number of fused-ring (bicyclic) bond motifs is 1. The molecule has 2 amide bonds. The summed E-state index contributed by atoms with van der Waals surface area (Å²) >= 11 is 0. The molecule has 0 saturated heterocycles. The zero-order valence-corrected chi connectivity index (χ0v) is 18.0. The number of nitrogens with one attached hydrogen (secondary N) is 1. The highest BCUT2D eigenvalue weighted by molar-refractivity contribution is 5.97. The van der Waals surface area contributed by atoms with E-state index in [2.05, 4.69) is 20.3 Å². The molecule has 0 spiro atoms. The van der Waals surface area contributed by atoms with Crippen LogP contribution in [0.5, 0.6) is 11.6 Å². The molecule has 0 aliphatic heterocycles. The predicted octanol–water partition coefficient (Wildman–Crippen LogP) is 2.97. The first-order chi connectivity index (χ1) is 15.9. The maximum atomic E-state index is 12.1. The minimum Gasteiger partial charge on any atom is -0.497 e. The van der Waals surface area contributed by atoms with E-state index in [1.807, 2.05) is 0 Å². The van der Waals surface area contributed by atoms with Crippen LogP contribution >= 0.6 is 0 Å². The second-order valence-corrected chi connectivity index (χ2v) is 6.77. The first-order valence-electron chi connectivity index (χ1n) is 9.84. The molecule has 0 aliphatic carbocycles. The van der Waals surface area contributed by atoms with E-state index in [0.29, 0.717) is 16.7 Å². The molecule has 3 aromatic rings. The van der Waals surface area contributed by atoms with Crippen molar-refractivity contribution in [2.24, 2.45) is 10.2 Å². The molecule has 33 heavy (non-hydrogen) atoms. The smallest absolute Gasteiger partial charge is 0.325 e. The van der Waals surface area contributed by atoms with Gasteiger partial charge in [0.15, 0.2) is 5.69 Å². The number of amides is 2. The van der Waals surface area contributed by atoms with Crippen molar-refractivity contribution >= 4 is 40.4 Å². The lowest BCUT2D eigenvalue weighted by Gasteiger charge is -2.04. The minimum atomic E-state index is -0.717. The summed E-state index contributed by atoms with van der Waals surface area (Å²) in [6.45, 7) is -0.611. The topological polar surface area (TPSA) is 132 Å². The van der Waals surface area contributed by atoms with Gasteiger partial charge in [-0.1, -0.05) is 30.3 Å². The third-order valence-corrected chi connectivity index (χ3v) is 4.65. The van der Waals surface area contributed by atoms with Gasteiger partial charge in [0, 0.05) is 11.5 Å². The molecular formula is C23H22N4O6. The van der Waals surface area contributed by atoms with Crippen LogP contribution in [0.3, 0.4) is 0 Å². The van der Waals surface area contributed by atoms with E-state index in [9.17, 15) is 19.5 Å². The highest BCUT2D eigenvalue weighted by Gasteiger charge is 2.18. The monoisotopic (exact) mass is 450 g/mol. The van der Waals surface area contributed by atoms with E-state index >= 15 is 0 Å². The van der Waals surface area contributed by atoms with Crippen LogP contribution in [0.25, 0.3) is 17.0 Å². The van der Waals surface area contributed by atoms with E-state index in [-0.39, 0.29) is 24.7 Å². The molecule has 10 nitrogen and oxygen atoms in total. The summed E-state index contributed by atoms with van der Waals surface area (Å²) in [6.07, 6.45) is 2.88. The van der Waals surface area contributed by atoms with Crippen molar-refractivity contribution in [2.75, 3.05) is 20.8 Å². The van der Waals surface area contributed by atoms with Crippen LogP contribution in [0.4, 0.5) is 5.69 Å². The average molecular weight is 450 g/mol. The molecule has 10 heteroatoms. The summed E-state index contributed by atoms with van der Waals surface area (Å²) in [5, 5.41) is 20.8. The second-order valence-electron chi connectivity index (χ2n) is 6.77. The third kappa shape index (κ3) is 5.82. The molecule has 0 unspecified atom stereocenters. The number of azo groups is 1. The van der Waals surface area contributed by atoms with Crippen molar-refractivity contribution in [1.29, 1.82) is 0 Å². The fourth-order valence-corrected chi connectivity index (χ4v) is 2.97. The van der Waals surface area contributed by atoms with Gasteiger partial charge in [-0.05, 0) is 29.8 Å². The van der Waals surface area contributed by atoms with Crippen LogP contribution in [-0.2, 0) is 25.7 Å². The highest BCUT2D eigenvalue weighted by Crippen LogP contribution is 2.38. The lowest BCUT2D eigenvalue weighted by Crippen LogP contribution is -2.26. The molecule has 0 radical (unpaired) electrons. The Morgan fingerprint density at radius 2 is 1.82 bits per heavy atom. The molecular weight excluding hydrogens is 428 g/mol. The number of benzene rings is 2.